The van der Waals surface area contributed by atoms with Crippen molar-refractivity contribution in [3.05, 3.63) is 12.2 Å². The van der Waals surface area contributed by atoms with E-state index >= 15 is 0 Å². The normalized spacial score (nSPS) is 13.0. The van der Waals surface area contributed by atoms with Crippen LogP contribution in [0.1, 0.15) is 33.6 Å². The minimum absolute atomic E-state index is 0.00306. The van der Waals surface area contributed by atoms with Gasteiger partial charge in [0.15, 0.2) is 0 Å². The minimum Gasteiger partial charge on any atom is -0.330 e. The molecule has 0 saturated carbocycles. The van der Waals surface area contributed by atoms with E-state index < -0.39 is 0 Å². The number of allylic oxidation sites excluding steroid dienone is 1. The van der Waals surface area contributed by atoms with Crippen molar-refractivity contribution in [2.24, 2.45) is 17.6 Å². The number of carbonyl (C=O) groups is 1. The quantitative estimate of drug-likeness (QED) is 0.641. The molecule has 0 aliphatic carbocycles. The van der Waals surface area contributed by atoms with Crippen LogP contribution in [0.15, 0.2) is 12.2 Å². The Bertz CT molecular complexity index is 185. The third-order valence-electron chi connectivity index (χ3n) is 2.40. The van der Waals surface area contributed by atoms with Crippen LogP contribution in [0.4, 0.5) is 0 Å². The molecule has 1 atom stereocenters. The Morgan fingerprint density at radius 1 is 1.46 bits per heavy atom. The molecule has 0 bridgehead atoms. The van der Waals surface area contributed by atoms with E-state index in [1.165, 1.54) is 0 Å². The van der Waals surface area contributed by atoms with Gasteiger partial charge in [0.05, 0.1) is 0 Å². The Labute approximate surface area is 81.2 Å². The van der Waals surface area contributed by atoms with E-state index in [-0.39, 0.29) is 11.7 Å². The smallest absolute Gasteiger partial charge is 0.141 e. The van der Waals surface area contributed by atoms with Crippen LogP contribution < -0.4 is 5.73 Å². The molecule has 2 heteroatoms. The van der Waals surface area contributed by atoms with Crippen molar-refractivity contribution in [2.45, 2.75) is 33.6 Å². The summed E-state index contributed by atoms with van der Waals surface area (Å²) in [4.78, 5) is 11.6. The number of rotatable bonds is 6. The fourth-order valence-electron chi connectivity index (χ4n) is 1.28. The van der Waals surface area contributed by atoms with E-state index in [0.29, 0.717) is 18.9 Å². The Kier molecular flexibility index (Phi) is 5.63. The first-order chi connectivity index (χ1) is 6.02. The molecule has 0 aliphatic heterocycles. The predicted molar refractivity (Wildman–Crippen MR) is 56.4 cm³/mol. The second-order valence-electron chi connectivity index (χ2n) is 3.83. The molecule has 76 valence electrons. The van der Waals surface area contributed by atoms with Gasteiger partial charge in [0.2, 0.25) is 0 Å². The lowest BCUT2D eigenvalue weighted by Gasteiger charge is -2.17. The van der Waals surface area contributed by atoms with E-state index in [9.17, 15) is 4.79 Å². The van der Waals surface area contributed by atoms with Gasteiger partial charge in [0.1, 0.15) is 5.78 Å². The summed E-state index contributed by atoms with van der Waals surface area (Å²) in [6.45, 7) is 10.4. The summed E-state index contributed by atoms with van der Waals surface area (Å²) in [5, 5.41) is 0. The Morgan fingerprint density at radius 2 is 2.00 bits per heavy atom. The summed E-state index contributed by atoms with van der Waals surface area (Å²) < 4.78 is 0. The molecule has 0 fully saturated rings. The summed E-state index contributed by atoms with van der Waals surface area (Å²) >= 11 is 0. The Hall–Kier alpha value is -0.630. The average molecular weight is 183 g/mol. The van der Waals surface area contributed by atoms with Crippen molar-refractivity contribution in [2.75, 3.05) is 6.54 Å². The average Bonchev–Trinajstić information content (AvgIpc) is 2.04. The van der Waals surface area contributed by atoms with Gasteiger partial charge in [-0.3, -0.25) is 4.79 Å². The SMILES string of the molecule is C=C(CC)CC(=O)C(CN)C(C)C. The monoisotopic (exact) mass is 183 g/mol. The molecule has 13 heavy (non-hydrogen) atoms. The van der Waals surface area contributed by atoms with E-state index in [1.807, 2.05) is 20.8 Å². The van der Waals surface area contributed by atoms with Crippen LogP contribution >= 0.6 is 0 Å². The molecule has 1 unspecified atom stereocenters. The van der Waals surface area contributed by atoms with Crippen molar-refractivity contribution in [3.63, 3.8) is 0 Å². The third kappa shape index (κ3) is 4.23. The first-order valence-electron chi connectivity index (χ1n) is 4.92. The molecule has 0 spiro atoms. The molecule has 0 aromatic rings. The van der Waals surface area contributed by atoms with Crippen LogP contribution in [0.2, 0.25) is 0 Å². The number of hydrogen-bond acceptors (Lipinski definition) is 2. The number of nitrogens with two attached hydrogens (primary N) is 1. The zero-order valence-corrected chi connectivity index (χ0v) is 8.97. The van der Waals surface area contributed by atoms with Crippen LogP contribution in [0.3, 0.4) is 0 Å². The summed E-state index contributed by atoms with van der Waals surface area (Å²) in [5.74, 6) is 0.579. The van der Waals surface area contributed by atoms with Gasteiger partial charge < -0.3 is 5.73 Å². The number of hydrogen-bond donors (Lipinski definition) is 1. The van der Waals surface area contributed by atoms with E-state index in [0.717, 1.165) is 12.0 Å². The molecular weight excluding hydrogens is 162 g/mol. The second-order valence-corrected chi connectivity index (χ2v) is 3.83. The summed E-state index contributed by atoms with van der Waals surface area (Å²) in [6, 6.07) is 0. The lowest BCUT2D eigenvalue weighted by atomic mass is 9.88. The van der Waals surface area contributed by atoms with E-state index in [1.54, 1.807) is 0 Å². The van der Waals surface area contributed by atoms with Gasteiger partial charge in [0.25, 0.3) is 0 Å². The predicted octanol–water partition coefficient (Wildman–Crippen LogP) is 2.14. The van der Waals surface area contributed by atoms with Crippen molar-refractivity contribution >= 4 is 5.78 Å². The lowest BCUT2D eigenvalue weighted by molar-refractivity contribution is -0.123. The highest BCUT2D eigenvalue weighted by molar-refractivity contribution is 5.83. The molecule has 0 aromatic carbocycles. The topological polar surface area (TPSA) is 43.1 Å². The summed E-state index contributed by atoms with van der Waals surface area (Å²) in [5.41, 5.74) is 6.55. The fraction of sp³-hybridized carbons (Fsp3) is 0.727. The Balaban J connectivity index is 4.14. The van der Waals surface area contributed by atoms with Crippen LogP contribution in [0, 0.1) is 11.8 Å². The van der Waals surface area contributed by atoms with Gasteiger partial charge in [-0.2, -0.15) is 0 Å². The van der Waals surface area contributed by atoms with Gasteiger partial charge in [0, 0.05) is 18.9 Å². The molecule has 0 heterocycles. The molecule has 2 N–H and O–H groups in total. The standard InChI is InChI=1S/C11H21NO/c1-5-9(4)6-11(13)10(7-12)8(2)3/h8,10H,4-7,12H2,1-3H3. The lowest BCUT2D eigenvalue weighted by Crippen LogP contribution is -2.28. The van der Waals surface area contributed by atoms with E-state index in [2.05, 4.69) is 6.58 Å². The zero-order valence-electron chi connectivity index (χ0n) is 8.97. The third-order valence-corrected chi connectivity index (χ3v) is 2.40. The minimum atomic E-state index is 0.00306. The molecule has 0 aliphatic rings. The van der Waals surface area contributed by atoms with Crippen LogP contribution in [-0.2, 0) is 4.79 Å². The van der Waals surface area contributed by atoms with Crippen LogP contribution in [-0.4, -0.2) is 12.3 Å². The number of Topliss-reactive ketones (excluding diaryl/α,β-unsaturated/α-hetero) is 1. The molecule has 0 amide bonds. The van der Waals surface area contributed by atoms with Crippen molar-refractivity contribution < 1.29 is 4.79 Å². The van der Waals surface area contributed by atoms with E-state index in [4.69, 9.17) is 5.73 Å². The first kappa shape index (κ1) is 12.4. The van der Waals surface area contributed by atoms with Gasteiger partial charge in [-0.15, -0.1) is 0 Å². The van der Waals surface area contributed by atoms with Crippen molar-refractivity contribution in [3.8, 4) is 0 Å². The highest BCUT2D eigenvalue weighted by Gasteiger charge is 2.20. The maximum absolute atomic E-state index is 11.6. The maximum atomic E-state index is 11.6. The zero-order chi connectivity index (χ0) is 10.4. The first-order valence-corrected chi connectivity index (χ1v) is 4.92. The molecular formula is C11H21NO. The van der Waals surface area contributed by atoms with Crippen LogP contribution in [0.25, 0.3) is 0 Å². The van der Waals surface area contributed by atoms with Gasteiger partial charge in [-0.1, -0.05) is 32.9 Å². The molecule has 0 rings (SSSR count). The maximum Gasteiger partial charge on any atom is 0.141 e. The second kappa shape index (κ2) is 5.92. The molecule has 2 nitrogen and oxygen atoms in total. The highest BCUT2D eigenvalue weighted by atomic mass is 16.1. The molecule has 0 saturated heterocycles. The van der Waals surface area contributed by atoms with Crippen molar-refractivity contribution in [1.29, 1.82) is 0 Å². The Morgan fingerprint density at radius 3 is 2.31 bits per heavy atom. The van der Waals surface area contributed by atoms with Crippen molar-refractivity contribution in [1.82, 2.24) is 0 Å². The molecule has 0 aromatic heterocycles. The summed E-state index contributed by atoms with van der Waals surface area (Å²) in [6.07, 6.45) is 1.37. The van der Waals surface area contributed by atoms with Crippen LogP contribution in [0.5, 0.6) is 0 Å². The van der Waals surface area contributed by atoms with Gasteiger partial charge in [-0.05, 0) is 12.3 Å². The highest BCUT2D eigenvalue weighted by Crippen LogP contribution is 2.15. The summed E-state index contributed by atoms with van der Waals surface area (Å²) in [7, 11) is 0. The van der Waals surface area contributed by atoms with Gasteiger partial charge in [-0.25, -0.2) is 0 Å². The fourth-order valence-corrected chi connectivity index (χ4v) is 1.28. The molecule has 0 radical (unpaired) electrons. The number of ketones is 1. The number of carbonyl (C=O) groups excluding carboxylic acids is 1. The van der Waals surface area contributed by atoms with Gasteiger partial charge >= 0.3 is 0 Å². The largest absolute Gasteiger partial charge is 0.330 e.